The van der Waals surface area contributed by atoms with E-state index in [4.69, 9.17) is 0 Å². The van der Waals surface area contributed by atoms with Crippen LogP contribution in [-0.4, -0.2) is 45.2 Å². The molecule has 0 fully saturated rings. The fourth-order valence-electron chi connectivity index (χ4n) is 2.53. The monoisotopic (exact) mass is 247 g/mol. The molecular weight excluding hydrogens is 222 g/mol. The van der Waals surface area contributed by atoms with E-state index >= 15 is 0 Å². The molecule has 0 spiro atoms. The molecule has 1 aliphatic rings. The first-order chi connectivity index (χ1) is 8.66. The van der Waals surface area contributed by atoms with Gasteiger partial charge in [-0.25, -0.2) is 0 Å². The molecule has 3 heteroatoms. The van der Waals surface area contributed by atoms with E-state index in [0.717, 1.165) is 32.7 Å². The second-order valence-electron chi connectivity index (χ2n) is 5.45. The van der Waals surface area contributed by atoms with Crippen LogP contribution in [0.25, 0.3) is 0 Å². The van der Waals surface area contributed by atoms with Crippen LogP contribution in [0.4, 0.5) is 5.69 Å². The molecule has 0 atom stereocenters. The Hall–Kier alpha value is -1.06. The van der Waals surface area contributed by atoms with Crippen LogP contribution in [0.3, 0.4) is 0 Å². The van der Waals surface area contributed by atoms with E-state index in [2.05, 4.69) is 54.3 Å². The summed E-state index contributed by atoms with van der Waals surface area (Å²) < 4.78 is 0. The van der Waals surface area contributed by atoms with Crippen LogP contribution in [0.2, 0.25) is 0 Å². The Morgan fingerprint density at radius 2 is 2.17 bits per heavy atom. The quantitative estimate of drug-likeness (QED) is 0.876. The van der Waals surface area contributed by atoms with Crippen LogP contribution in [0, 0.1) is 6.92 Å². The molecule has 0 radical (unpaired) electrons. The van der Waals surface area contributed by atoms with E-state index in [1.54, 1.807) is 0 Å². The van der Waals surface area contributed by atoms with Crippen LogP contribution in [-0.2, 0) is 6.54 Å². The van der Waals surface area contributed by atoms with E-state index in [0.29, 0.717) is 0 Å². The minimum absolute atomic E-state index is 1.00. The summed E-state index contributed by atoms with van der Waals surface area (Å²) in [6, 6.07) is 6.82. The Balaban J connectivity index is 2.07. The lowest BCUT2D eigenvalue weighted by molar-refractivity contribution is 0.400. The van der Waals surface area contributed by atoms with Gasteiger partial charge in [-0.05, 0) is 45.6 Å². The van der Waals surface area contributed by atoms with Gasteiger partial charge in [0.05, 0.1) is 0 Å². The van der Waals surface area contributed by atoms with E-state index in [9.17, 15) is 0 Å². The van der Waals surface area contributed by atoms with Gasteiger partial charge in [0.25, 0.3) is 0 Å². The third kappa shape index (κ3) is 3.47. The first-order valence-corrected chi connectivity index (χ1v) is 6.87. The first kappa shape index (κ1) is 13.4. The van der Waals surface area contributed by atoms with Crippen molar-refractivity contribution in [1.29, 1.82) is 0 Å². The first-order valence-electron chi connectivity index (χ1n) is 6.87. The van der Waals surface area contributed by atoms with Crippen molar-refractivity contribution in [3.63, 3.8) is 0 Å². The Morgan fingerprint density at radius 3 is 2.94 bits per heavy atom. The van der Waals surface area contributed by atoms with Gasteiger partial charge in [0.1, 0.15) is 0 Å². The van der Waals surface area contributed by atoms with Crippen molar-refractivity contribution >= 4 is 5.69 Å². The molecule has 3 nitrogen and oxygen atoms in total. The molecule has 100 valence electrons. The lowest BCUT2D eigenvalue weighted by Crippen LogP contribution is -2.31. The fraction of sp³-hybridized carbons (Fsp3) is 0.600. The van der Waals surface area contributed by atoms with Gasteiger partial charge < -0.3 is 15.1 Å². The Morgan fingerprint density at radius 1 is 1.33 bits per heavy atom. The molecule has 1 heterocycles. The molecule has 0 bridgehead atoms. The second kappa shape index (κ2) is 6.21. The second-order valence-corrected chi connectivity index (χ2v) is 5.45. The molecule has 1 aliphatic heterocycles. The number of rotatable bonds is 4. The van der Waals surface area contributed by atoms with Crippen LogP contribution < -0.4 is 10.2 Å². The summed E-state index contributed by atoms with van der Waals surface area (Å²) in [4.78, 5) is 4.78. The van der Waals surface area contributed by atoms with E-state index < -0.39 is 0 Å². The Kier molecular flexibility index (Phi) is 4.61. The average Bonchev–Trinajstić information content (AvgIpc) is 2.51. The van der Waals surface area contributed by atoms with Gasteiger partial charge in [-0.15, -0.1) is 0 Å². The highest BCUT2D eigenvalue weighted by atomic mass is 15.2. The molecular formula is C15H25N3. The largest absolute Gasteiger partial charge is 0.370 e. The van der Waals surface area contributed by atoms with Crippen molar-refractivity contribution in [3.8, 4) is 0 Å². The molecule has 2 rings (SSSR count). The molecule has 1 aromatic rings. The lowest BCUT2D eigenvalue weighted by Gasteiger charge is -2.25. The summed E-state index contributed by atoms with van der Waals surface area (Å²) in [6.07, 6.45) is 1.22. The van der Waals surface area contributed by atoms with Crippen molar-refractivity contribution in [2.24, 2.45) is 0 Å². The number of hydrogen-bond acceptors (Lipinski definition) is 3. The summed E-state index contributed by atoms with van der Waals surface area (Å²) in [5.41, 5.74) is 4.22. The van der Waals surface area contributed by atoms with Crippen LogP contribution in [0.1, 0.15) is 17.5 Å². The van der Waals surface area contributed by atoms with E-state index in [1.165, 1.54) is 23.2 Å². The van der Waals surface area contributed by atoms with Crippen molar-refractivity contribution < 1.29 is 0 Å². The molecule has 1 N–H and O–H groups in total. The SMILES string of the molecule is Cc1ccc2c(c1)CNCCN2CCCN(C)C. The van der Waals surface area contributed by atoms with Crippen LogP contribution in [0.5, 0.6) is 0 Å². The maximum Gasteiger partial charge on any atom is 0.0412 e. The fourth-order valence-corrected chi connectivity index (χ4v) is 2.53. The number of hydrogen-bond donors (Lipinski definition) is 1. The molecule has 0 aliphatic carbocycles. The van der Waals surface area contributed by atoms with Gasteiger partial charge >= 0.3 is 0 Å². The molecule has 0 amide bonds. The summed E-state index contributed by atoms with van der Waals surface area (Å²) in [7, 11) is 4.28. The number of nitrogens with zero attached hydrogens (tertiary/aromatic N) is 2. The Bertz CT molecular complexity index is 387. The number of fused-ring (bicyclic) bond motifs is 1. The smallest absolute Gasteiger partial charge is 0.0412 e. The van der Waals surface area contributed by atoms with Crippen LogP contribution in [0.15, 0.2) is 18.2 Å². The number of aryl methyl sites for hydroxylation is 1. The number of benzene rings is 1. The van der Waals surface area contributed by atoms with Gasteiger partial charge in [-0.3, -0.25) is 0 Å². The summed E-state index contributed by atoms with van der Waals surface area (Å²) >= 11 is 0. The van der Waals surface area contributed by atoms with E-state index in [1.807, 2.05) is 0 Å². The molecule has 0 aromatic heterocycles. The zero-order valence-corrected chi connectivity index (χ0v) is 11.9. The summed E-state index contributed by atoms with van der Waals surface area (Å²) in [5.74, 6) is 0. The van der Waals surface area contributed by atoms with Crippen LogP contribution >= 0.6 is 0 Å². The molecule has 0 unspecified atom stereocenters. The highest BCUT2D eigenvalue weighted by Crippen LogP contribution is 2.23. The zero-order valence-electron chi connectivity index (χ0n) is 11.9. The summed E-state index contributed by atoms with van der Waals surface area (Å²) in [5, 5.41) is 3.51. The van der Waals surface area contributed by atoms with Gasteiger partial charge in [-0.2, -0.15) is 0 Å². The van der Waals surface area contributed by atoms with Crippen molar-refractivity contribution in [3.05, 3.63) is 29.3 Å². The third-order valence-corrected chi connectivity index (χ3v) is 3.48. The highest BCUT2D eigenvalue weighted by Gasteiger charge is 2.14. The molecule has 1 aromatic carbocycles. The maximum absolute atomic E-state index is 3.51. The van der Waals surface area contributed by atoms with Crippen molar-refractivity contribution in [2.45, 2.75) is 19.9 Å². The number of nitrogens with one attached hydrogen (secondary N) is 1. The standard InChI is InChI=1S/C15H25N3/c1-13-5-6-15-14(11-13)12-16-7-10-18(15)9-4-8-17(2)3/h5-6,11,16H,4,7-10,12H2,1-3H3. The van der Waals surface area contributed by atoms with E-state index in [-0.39, 0.29) is 0 Å². The molecule has 18 heavy (non-hydrogen) atoms. The predicted octanol–water partition coefficient (Wildman–Crippen LogP) is 1.86. The Labute approximate surface area is 111 Å². The van der Waals surface area contributed by atoms with Crippen molar-refractivity contribution in [2.75, 3.05) is 45.2 Å². The third-order valence-electron chi connectivity index (χ3n) is 3.48. The minimum Gasteiger partial charge on any atom is -0.370 e. The highest BCUT2D eigenvalue weighted by molar-refractivity contribution is 5.55. The normalized spacial score (nSPS) is 15.7. The zero-order chi connectivity index (χ0) is 13.0. The van der Waals surface area contributed by atoms with Gasteiger partial charge in [-0.1, -0.05) is 17.7 Å². The molecule has 0 saturated carbocycles. The van der Waals surface area contributed by atoms with Crippen molar-refractivity contribution in [1.82, 2.24) is 10.2 Å². The molecule has 0 saturated heterocycles. The van der Waals surface area contributed by atoms with Gasteiger partial charge in [0.2, 0.25) is 0 Å². The topological polar surface area (TPSA) is 18.5 Å². The minimum atomic E-state index is 1.00. The average molecular weight is 247 g/mol. The lowest BCUT2D eigenvalue weighted by atomic mass is 10.1. The summed E-state index contributed by atoms with van der Waals surface area (Å²) in [6.45, 7) is 7.67. The maximum atomic E-state index is 3.51. The predicted molar refractivity (Wildman–Crippen MR) is 78.3 cm³/mol. The van der Waals surface area contributed by atoms with Gasteiger partial charge in [0, 0.05) is 31.9 Å². The number of anilines is 1. The van der Waals surface area contributed by atoms with Gasteiger partial charge in [0.15, 0.2) is 0 Å².